The smallest absolute Gasteiger partial charge is 0.137 e. The minimum Gasteiger partial charge on any atom is -0.490 e. The molecule has 3 nitrogen and oxygen atoms in total. The number of hydrogen-bond acceptors (Lipinski definition) is 3. The highest BCUT2D eigenvalue weighted by atomic mass is 35.5. The van der Waals surface area contributed by atoms with Crippen LogP contribution in [0.3, 0.4) is 0 Å². The molecule has 0 spiro atoms. The summed E-state index contributed by atoms with van der Waals surface area (Å²) >= 11 is 0. The molecular weight excluding hydrogens is 259 g/mol. The fourth-order valence-corrected chi connectivity index (χ4v) is 2.18. The van der Waals surface area contributed by atoms with Crippen LogP contribution in [0.25, 0.3) is 0 Å². The van der Waals surface area contributed by atoms with Gasteiger partial charge in [0.05, 0.1) is 6.20 Å². The summed E-state index contributed by atoms with van der Waals surface area (Å²) in [5.41, 5.74) is 0. The molecule has 0 aromatic carbocycles. The Morgan fingerprint density at radius 2 is 2.24 bits per heavy atom. The van der Waals surface area contributed by atoms with E-state index in [1.165, 1.54) is 13.0 Å². The Kier molecular flexibility index (Phi) is 7.51. The van der Waals surface area contributed by atoms with Crippen molar-refractivity contribution in [2.75, 3.05) is 20.2 Å². The minimum atomic E-state index is 0. The van der Waals surface area contributed by atoms with Crippen LogP contribution in [0.5, 0.6) is 5.75 Å². The largest absolute Gasteiger partial charge is 0.490 e. The van der Waals surface area contributed by atoms with Crippen LogP contribution in [-0.4, -0.2) is 36.1 Å². The Morgan fingerprint density at radius 3 is 2.76 bits per heavy atom. The maximum absolute atomic E-state index is 5.70. The number of likely N-dealkylation sites (tertiary alicyclic amines) is 1. The van der Waals surface area contributed by atoms with Gasteiger partial charge in [-0.05, 0) is 31.5 Å². The lowest BCUT2D eigenvalue weighted by atomic mass is 10.1. The Balaban J connectivity index is 0.00000128. The Labute approximate surface area is 115 Å². The second-order valence-corrected chi connectivity index (χ2v) is 4.43. The zero-order chi connectivity index (χ0) is 10.7. The van der Waals surface area contributed by atoms with Crippen molar-refractivity contribution < 1.29 is 4.74 Å². The lowest BCUT2D eigenvalue weighted by Crippen LogP contribution is -2.30. The summed E-state index contributed by atoms with van der Waals surface area (Å²) in [7, 11) is 2.17. The van der Waals surface area contributed by atoms with E-state index in [0.29, 0.717) is 6.04 Å². The van der Waals surface area contributed by atoms with E-state index in [4.69, 9.17) is 4.74 Å². The van der Waals surface area contributed by atoms with E-state index in [1.54, 1.807) is 12.4 Å². The SMILES string of the molecule is C[C@@H]1C[C@@H](COc2cccnc2)N(C)C1.Cl.Cl. The Bertz CT molecular complexity index is 311. The summed E-state index contributed by atoms with van der Waals surface area (Å²) in [6, 6.07) is 4.40. The zero-order valence-electron chi connectivity index (χ0n) is 10.2. The highest BCUT2D eigenvalue weighted by molar-refractivity contribution is 5.85. The fraction of sp³-hybridized carbons (Fsp3) is 0.583. The summed E-state index contributed by atoms with van der Waals surface area (Å²) in [5, 5.41) is 0. The van der Waals surface area contributed by atoms with Crippen molar-refractivity contribution in [3.63, 3.8) is 0 Å². The predicted octanol–water partition coefficient (Wildman–Crippen LogP) is 2.64. The van der Waals surface area contributed by atoms with Gasteiger partial charge in [0.15, 0.2) is 0 Å². The van der Waals surface area contributed by atoms with Gasteiger partial charge in [0.25, 0.3) is 0 Å². The van der Waals surface area contributed by atoms with Crippen LogP contribution in [0.15, 0.2) is 24.5 Å². The summed E-state index contributed by atoms with van der Waals surface area (Å²) in [5.74, 6) is 1.66. The first-order valence-electron chi connectivity index (χ1n) is 5.49. The van der Waals surface area contributed by atoms with Gasteiger partial charge >= 0.3 is 0 Å². The first kappa shape index (κ1) is 16.5. The topological polar surface area (TPSA) is 25.4 Å². The van der Waals surface area contributed by atoms with Crippen molar-refractivity contribution in [1.29, 1.82) is 0 Å². The maximum atomic E-state index is 5.70. The van der Waals surface area contributed by atoms with Gasteiger partial charge in [-0.15, -0.1) is 24.8 Å². The van der Waals surface area contributed by atoms with Gasteiger partial charge in [0.1, 0.15) is 12.4 Å². The van der Waals surface area contributed by atoms with Crippen LogP contribution < -0.4 is 4.74 Å². The lowest BCUT2D eigenvalue weighted by molar-refractivity contribution is 0.198. The Morgan fingerprint density at radius 1 is 1.47 bits per heavy atom. The van der Waals surface area contributed by atoms with Crippen molar-refractivity contribution >= 4 is 24.8 Å². The summed E-state index contributed by atoms with van der Waals surface area (Å²) < 4.78 is 5.70. The molecule has 1 fully saturated rings. The van der Waals surface area contributed by atoms with E-state index in [2.05, 4.69) is 23.9 Å². The van der Waals surface area contributed by atoms with E-state index >= 15 is 0 Å². The first-order valence-corrected chi connectivity index (χ1v) is 5.49. The molecule has 0 aliphatic carbocycles. The van der Waals surface area contributed by atoms with Crippen molar-refractivity contribution in [3.05, 3.63) is 24.5 Å². The van der Waals surface area contributed by atoms with Gasteiger partial charge in [-0.1, -0.05) is 6.92 Å². The molecule has 0 N–H and O–H groups in total. The number of aromatic nitrogens is 1. The average Bonchev–Trinajstić information content (AvgIpc) is 2.56. The summed E-state index contributed by atoms with van der Waals surface area (Å²) in [4.78, 5) is 6.40. The third-order valence-electron chi connectivity index (χ3n) is 2.97. The van der Waals surface area contributed by atoms with Crippen LogP contribution in [0, 0.1) is 5.92 Å². The van der Waals surface area contributed by atoms with Gasteiger partial charge in [-0.2, -0.15) is 0 Å². The molecule has 0 amide bonds. The quantitative estimate of drug-likeness (QED) is 0.850. The van der Waals surface area contributed by atoms with Crippen molar-refractivity contribution in [3.8, 4) is 5.75 Å². The minimum absolute atomic E-state index is 0. The van der Waals surface area contributed by atoms with Crippen LogP contribution >= 0.6 is 24.8 Å². The fourth-order valence-electron chi connectivity index (χ4n) is 2.18. The molecule has 0 bridgehead atoms. The van der Waals surface area contributed by atoms with Crippen molar-refractivity contribution in [2.45, 2.75) is 19.4 Å². The zero-order valence-corrected chi connectivity index (χ0v) is 11.8. The molecule has 1 aliphatic heterocycles. The van der Waals surface area contributed by atoms with E-state index in [9.17, 15) is 0 Å². The second kappa shape index (κ2) is 7.75. The van der Waals surface area contributed by atoms with E-state index in [0.717, 1.165) is 18.3 Å². The van der Waals surface area contributed by atoms with E-state index in [1.807, 2.05) is 12.1 Å². The van der Waals surface area contributed by atoms with Crippen LogP contribution in [0.4, 0.5) is 0 Å². The molecule has 1 aromatic heterocycles. The van der Waals surface area contributed by atoms with Gasteiger partial charge in [0, 0.05) is 18.8 Å². The van der Waals surface area contributed by atoms with Gasteiger partial charge < -0.3 is 4.74 Å². The first-order chi connectivity index (χ1) is 7.25. The number of pyridine rings is 1. The van der Waals surface area contributed by atoms with Crippen molar-refractivity contribution in [1.82, 2.24) is 9.88 Å². The molecule has 2 atom stereocenters. The third-order valence-corrected chi connectivity index (χ3v) is 2.97. The molecule has 2 rings (SSSR count). The van der Waals surface area contributed by atoms with Crippen LogP contribution in [0.1, 0.15) is 13.3 Å². The molecule has 1 aliphatic rings. The van der Waals surface area contributed by atoms with Crippen LogP contribution in [-0.2, 0) is 0 Å². The third kappa shape index (κ3) is 4.70. The predicted molar refractivity (Wildman–Crippen MR) is 74.4 cm³/mol. The molecular formula is C12H20Cl2N2O. The van der Waals surface area contributed by atoms with Crippen molar-refractivity contribution in [2.24, 2.45) is 5.92 Å². The number of likely N-dealkylation sites (N-methyl/N-ethyl adjacent to an activating group) is 1. The number of halogens is 2. The maximum Gasteiger partial charge on any atom is 0.137 e. The van der Waals surface area contributed by atoms with E-state index in [-0.39, 0.29) is 24.8 Å². The molecule has 1 aromatic rings. The van der Waals surface area contributed by atoms with Gasteiger partial charge in [0.2, 0.25) is 0 Å². The standard InChI is InChI=1S/C12H18N2O.2ClH/c1-10-6-11(14(2)8-10)9-15-12-4-3-5-13-7-12;;/h3-5,7,10-11H,6,8-9H2,1-2H3;2*1H/t10-,11+;;/m1../s1. The summed E-state index contributed by atoms with van der Waals surface area (Å²) in [6.07, 6.45) is 4.76. The Hall–Kier alpha value is -0.510. The second-order valence-electron chi connectivity index (χ2n) is 4.43. The number of hydrogen-bond donors (Lipinski definition) is 0. The lowest BCUT2D eigenvalue weighted by Gasteiger charge is -2.19. The van der Waals surface area contributed by atoms with Crippen LogP contribution in [0.2, 0.25) is 0 Å². The number of nitrogens with zero attached hydrogens (tertiary/aromatic N) is 2. The highest BCUT2D eigenvalue weighted by Crippen LogP contribution is 2.21. The highest BCUT2D eigenvalue weighted by Gasteiger charge is 2.26. The average molecular weight is 279 g/mol. The van der Waals surface area contributed by atoms with Gasteiger partial charge in [-0.3, -0.25) is 9.88 Å². The summed E-state index contributed by atoms with van der Waals surface area (Å²) in [6.45, 7) is 4.24. The number of rotatable bonds is 3. The molecule has 1 saturated heterocycles. The van der Waals surface area contributed by atoms with Gasteiger partial charge in [-0.25, -0.2) is 0 Å². The molecule has 98 valence electrons. The normalized spacial score (nSPS) is 23.6. The molecule has 5 heteroatoms. The monoisotopic (exact) mass is 278 g/mol. The van der Waals surface area contributed by atoms with E-state index < -0.39 is 0 Å². The molecule has 0 unspecified atom stereocenters. The molecule has 2 heterocycles. The molecule has 0 radical (unpaired) electrons. The number of ether oxygens (including phenoxy) is 1. The molecule has 17 heavy (non-hydrogen) atoms. The molecule has 0 saturated carbocycles.